The summed E-state index contributed by atoms with van der Waals surface area (Å²) >= 11 is 0. The molecule has 0 bridgehead atoms. The van der Waals surface area contributed by atoms with Gasteiger partial charge in [0.25, 0.3) is 0 Å². The minimum atomic E-state index is -2.99. The van der Waals surface area contributed by atoms with Gasteiger partial charge in [0, 0.05) is 55.8 Å². The van der Waals surface area contributed by atoms with Crippen molar-refractivity contribution in [1.29, 1.82) is 0 Å². The summed E-state index contributed by atoms with van der Waals surface area (Å²) in [7, 11) is -2.99. The Balaban J connectivity index is 1.09. The molecule has 3 aromatic heterocycles. The van der Waals surface area contributed by atoms with Gasteiger partial charge in [-0.3, -0.25) is 15.2 Å². The molecule has 5 N–H and O–H groups in total. The highest BCUT2D eigenvalue weighted by Gasteiger charge is 2.35. The van der Waals surface area contributed by atoms with Crippen molar-refractivity contribution in [3.63, 3.8) is 0 Å². The highest BCUT2D eigenvalue weighted by atomic mass is 32.2. The van der Waals surface area contributed by atoms with Gasteiger partial charge >= 0.3 is 0 Å². The minimum Gasteiger partial charge on any atom is -0.350 e. The number of anilines is 3. The molecular formula is C25H36N10O3S. The average Bonchev–Trinajstić information content (AvgIpc) is 3.28. The highest BCUT2D eigenvalue weighted by Crippen LogP contribution is 2.39. The van der Waals surface area contributed by atoms with E-state index in [9.17, 15) is 13.2 Å². The Bertz CT molecular complexity index is 1420. The molecule has 39 heavy (non-hydrogen) atoms. The molecule has 1 amide bonds. The zero-order chi connectivity index (χ0) is 27.0. The van der Waals surface area contributed by atoms with E-state index in [0.29, 0.717) is 43.1 Å². The SMILES string of the molecule is CS(=O)(=O)CCNC1CCC(NC(=O)[C@@H]2CCCN2c2nc(Nc3cc(C4CC4)[nH]n3)c3cccn3n2)CN1. The number of hydrogen-bond acceptors (Lipinski definition) is 10. The molecule has 0 spiro atoms. The standard InChI is InChI=1S/C25H36N10O3S/c1-39(37,38)13-10-26-21-9-8-17(15-27-21)28-24(36)20-5-2-11-34(20)25-30-23(19-4-3-12-35(19)33-25)29-22-14-18(31-32-22)16-6-7-16/h3-4,12,14,16-17,20-21,26-27H,2,5-11,13,15H2,1H3,(H,28,36)(H2,29,30,31,32,33)/t17?,20-,21?/m0/s1. The van der Waals surface area contributed by atoms with E-state index in [-0.39, 0.29) is 29.9 Å². The van der Waals surface area contributed by atoms with E-state index in [1.807, 2.05) is 29.3 Å². The normalized spacial score (nSPS) is 23.8. The van der Waals surface area contributed by atoms with E-state index in [0.717, 1.165) is 36.9 Å². The van der Waals surface area contributed by atoms with Crippen molar-refractivity contribution in [2.75, 3.05) is 41.9 Å². The Morgan fingerprint density at radius 1 is 1.21 bits per heavy atom. The maximum Gasteiger partial charge on any atom is 0.246 e. The Morgan fingerprint density at radius 2 is 2.08 bits per heavy atom. The molecule has 3 atom stereocenters. The fraction of sp³-hybridized carbons (Fsp3) is 0.600. The minimum absolute atomic E-state index is 0.0123. The molecule has 1 aliphatic carbocycles. The van der Waals surface area contributed by atoms with Crippen LogP contribution in [-0.4, -0.2) is 89.0 Å². The van der Waals surface area contributed by atoms with Gasteiger partial charge in [0.05, 0.1) is 11.9 Å². The third kappa shape index (κ3) is 6.17. The van der Waals surface area contributed by atoms with Crippen LogP contribution in [0.1, 0.15) is 50.1 Å². The first-order valence-corrected chi connectivity index (χ1v) is 15.8. The van der Waals surface area contributed by atoms with Crippen molar-refractivity contribution >= 4 is 38.8 Å². The molecule has 0 radical (unpaired) electrons. The maximum absolute atomic E-state index is 13.4. The molecule has 2 aliphatic heterocycles. The molecule has 2 unspecified atom stereocenters. The molecule has 2 saturated heterocycles. The van der Waals surface area contributed by atoms with Gasteiger partial charge in [0.15, 0.2) is 11.6 Å². The number of amides is 1. The number of nitrogens with zero attached hydrogens (tertiary/aromatic N) is 5. The average molecular weight is 557 g/mol. The lowest BCUT2D eigenvalue weighted by Gasteiger charge is -2.32. The molecule has 14 heteroatoms. The third-order valence-electron chi connectivity index (χ3n) is 7.68. The Kier molecular flexibility index (Phi) is 7.16. The lowest BCUT2D eigenvalue weighted by Crippen LogP contribution is -2.57. The number of aromatic amines is 1. The van der Waals surface area contributed by atoms with E-state index in [1.165, 1.54) is 19.1 Å². The number of H-pyrrole nitrogens is 1. The van der Waals surface area contributed by atoms with Gasteiger partial charge in [-0.05, 0) is 50.7 Å². The van der Waals surface area contributed by atoms with Crippen LogP contribution in [0.5, 0.6) is 0 Å². The molecule has 0 aromatic carbocycles. The number of fused-ring (bicyclic) bond motifs is 1. The summed E-state index contributed by atoms with van der Waals surface area (Å²) in [6.07, 6.45) is 8.80. The second-order valence-electron chi connectivity index (χ2n) is 10.9. The topological polar surface area (TPSA) is 161 Å². The number of hydrogen-bond donors (Lipinski definition) is 5. The number of nitrogens with one attached hydrogen (secondary N) is 5. The van der Waals surface area contributed by atoms with E-state index in [1.54, 1.807) is 4.52 Å². The second-order valence-corrected chi connectivity index (χ2v) is 13.1. The molecule has 3 aliphatic rings. The van der Waals surface area contributed by atoms with Crippen molar-refractivity contribution in [3.8, 4) is 0 Å². The summed E-state index contributed by atoms with van der Waals surface area (Å²) in [5, 5.41) is 25.4. The van der Waals surface area contributed by atoms with Crippen LogP contribution in [0.25, 0.3) is 5.52 Å². The zero-order valence-electron chi connectivity index (χ0n) is 22.1. The molecule has 1 saturated carbocycles. The summed E-state index contributed by atoms with van der Waals surface area (Å²) in [5.41, 5.74) is 1.98. The maximum atomic E-state index is 13.4. The quantitative estimate of drug-likeness (QED) is 0.242. The fourth-order valence-electron chi connectivity index (χ4n) is 5.41. The van der Waals surface area contributed by atoms with Crippen molar-refractivity contribution in [2.45, 2.75) is 62.7 Å². The molecule has 3 aromatic rings. The van der Waals surface area contributed by atoms with Gasteiger partial charge in [0.2, 0.25) is 11.9 Å². The van der Waals surface area contributed by atoms with Crippen molar-refractivity contribution in [1.82, 2.24) is 40.7 Å². The van der Waals surface area contributed by atoms with Crippen LogP contribution in [0.3, 0.4) is 0 Å². The number of piperidine rings is 1. The Morgan fingerprint density at radius 3 is 2.85 bits per heavy atom. The summed E-state index contributed by atoms with van der Waals surface area (Å²) in [4.78, 5) is 20.2. The number of carbonyl (C=O) groups excluding carboxylic acids is 1. The fourth-order valence-corrected chi connectivity index (χ4v) is 5.90. The van der Waals surface area contributed by atoms with Gasteiger partial charge < -0.3 is 20.9 Å². The molecular weight excluding hydrogens is 520 g/mol. The largest absolute Gasteiger partial charge is 0.350 e. The monoisotopic (exact) mass is 556 g/mol. The highest BCUT2D eigenvalue weighted by molar-refractivity contribution is 7.90. The zero-order valence-corrected chi connectivity index (χ0v) is 22.9. The molecule has 3 fully saturated rings. The van der Waals surface area contributed by atoms with Gasteiger partial charge in [0.1, 0.15) is 21.4 Å². The molecule has 210 valence electrons. The molecule has 13 nitrogen and oxygen atoms in total. The Hall–Kier alpha value is -3.23. The van der Waals surface area contributed by atoms with E-state index < -0.39 is 9.84 Å². The lowest BCUT2D eigenvalue weighted by atomic mass is 10.0. The first-order chi connectivity index (χ1) is 18.8. The smallest absolute Gasteiger partial charge is 0.246 e. The van der Waals surface area contributed by atoms with Crippen LogP contribution in [0.2, 0.25) is 0 Å². The van der Waals surface area contributed by atoms with Gasteiger partial charge in [-0.1, -0.05) is 0 Å². The molecule has 6 rings (SSSR count). The predicted octanol–water partition coefficient (Wildman–Crippen LogP) is 0.871. The van der Waals surface area contributed by atoms with Crippen LogP contribution in [0.4, 0.5) is 17.6 Å². The van der Waals surface area contributed by atoms with Crippen LogP contribution >= 0.6 is 0 Å². The van der Waals surface area contributed by atoms with Gasteiger partial charge in [-0.25, -0.2) is 12.9 Å². The summed E-state index contributed by atoms with van der Waals surface area (Å²) in [6, 6.07) is 5.58. The van der Waals surface area contributed by atoms with Crippen LogP contribution < -0.4 is 26.2 Å². The van der Waals surface area contributed by atoms with Crippen LogP contribution in [0, 0.1) is 0 Å². The first kappa shape index (κ1) is 26.0. The molecule has 5 heterocycles. The summed E-state index contributed by atoms with van der Waals surface area (Å²) in [6.45, 7) is 1.74. The predicted molar refractivity (Wildman–Crippen MR) is 148 cm³/mol. The second kappa shape index (κ2) is 10.7. The van der Waals surface area contributed by atoms with E-state index in [2.05, 4.69) is 31.5 Å². The number of carbonyl (C=O) groups is 1. The summed E-state index contributed by atoms with van der Waals surface area (Å²) < 4.78 is 24.5. The first-order valence-electron chi connectivity index (χ1n) is 13.7. The van der Waals surface area contributed by atoms with Crippen molar-refractivity contribution in [3.05, 3.63) is 30.1 Å². The number of aromatic nitrogens is 5. The van der Waals surface area contributed by atoms with Crippen molar-refractivity contribution < 1.29 is 13.2 Å². The number of sulfone groups is 1. The van der Waals surface area contributed by atoms with Crippen LogP contribution in [0.15, 0.2) is 24.4 Å². The van der Waals surface area contributed by atoms with Gasteiger partial charge in [-0.15, -0.1) is 5.10 Å². The number of rotatable bonds is 10. The van der Waals surface area contributed by atoms with Crippen LogP contribution in [-0.2, 0) is 14.6 Å². The Labute approximate surface area is 227 Å². The van der Waals surface area contributed by atoms with Gasteiger partial charge in [-0.2, -0.15) is 10.1 Å². The summed E-state index contributed by atoms with van der Waals surface area (Å²) in [5.74, 6) is 2.54. The lowest BCUT2D eigenvalue weighted by molar-refractivity contribution is -0.123. The van der Waals surface area contributed by atoms with E-state index in [4.69, 9.17) is 10.1 Å². The third-order valence-corrected chi connectivity index (χ3v) is 8.62. The van der Waals surface area contributed by atoms with Crippen molar-refractivity contribution in [2.24, 2.45) is 0 Å². The van der Waals surface area contributed by atoms with E-state index >= 15 is 0 Å².